The highest BCUT2D eigenvalue weighted by molar-refractivity contribution is 5.94. The topological polar surface area (TPSA) is 283 Å². The monoisotopic (exact) mass is 871 g/mol. The van der Waals surface area contributed by atoms with E-state index in [0.717, 1.165) is 61.0 Å². The van der Waals surface area contributed by atoms with Crippen molar-refractivity contribution >= 4 is 53.5 Å². The molecule has 2 aliphatic heterocycles. The van der Waals surface area contributed by atoms with Gasteiger partial charge in [-0.05, 0) is 45.4 Å². The van der Waals surface area contributed by atoms with Crippen LogP contribution >= 0.6 is 0 Å². The Morgan fingerprint density at radius 1 is 0.855 bits per heavy atom. The number of fused-ring (bicyclic) bond motifs is 5. The standard InChI is InChI=1S/C41H45NO20/c1-19(43)54-18-40-31(57-21(3)45)28(48)27-30(56-20(2)44)41(40)39(8,52)32(29(33(40)58-22(4)46)59-34(49)24-12-15-53-16-24)60-36(51)37(6,61-23(5)47)13-11-26-25(10-9-14-42-26)35(50)55-17-38(27,7)62-41/h9-10,12,14-16,27,29-33,52H,11,13,17-18H2,1-8H3/t27-,29+,30-,31-,32+,33+,37?,38+,39+,40-,41+/m1/s1. The van der Waals surface area contributed by atoms with Crippen LogP contribution in [-0.2, 0) is 82.6 Å². The number of aryl methyl sites for hydroxylation is 1. The van der Waals surface area contributed by atoms with Crippen molar-refractivity contribution in [1.82, 2.24) is 4.98 Å². The Morgan fingerprint density at radius 2 is 1.52 bits per heavy atom. The number of nitrogens with zero attached hydrogens (tertiary/aromatic N) is 1. The molecule has 62 heavy (non-hydrogen) atoms. The van der Waals surface area contributed by atoms with E-state index in [1.807, 2.05) is 0 Å². The second kappa shape index (κ2) is 16.2. The van der Waals surface area contributed by atoms with Crippen molar-refractivity contribution in [2.24, 2.45) is 11.3 Å². The largest absolute Gasteiger partial charge is 0.472 e. The molecule has 4 bridgehead atoms. The Kier molecular flexibility index (Phi) is 11.9. The number of aliphatic hydroxyl groups is 1. The summed E-state index contributed by atoms with van der Waals surface area (Å²) < 4.78 is 58.6. The maximum atomic E-state index is 15.3. The van der Waals surface area contributed by atoms with Gasteiger partial charge in [-0.3, -0.25) is 33.8 Å². The fraction of sp³-hybridized carbons (Fsp3) is 0.561. The van der Waals surface area contributed by atoms with Gasteiger partial charge in [-0.1, -0.05) is 0 Å². The molecule has 11 atom stereocenters. The number of hydrogen-bond donors (Lipinski definition) is 1. The fourth-order valence-corrected chi connectivity index (χ4v) is 9.38. The first kappa shape index (κ1) is 45.3. The van der Waals surface area contributed by atoms with E-state index in [4.69, 9.17) is 47.0 Å². The first-order valence-corrected chi connectivity index (χ1v) is 19.3. The zero-order chi connectivity index (χ0) is 45.7. The molecule has 1 unspecified atom stereocenters. The van der Waals surface area contributed by atoms with E-state index in [1.54, 1.807) is 0 Å². The lowest BCUT2D eigenvalue weighted by atomic mass is 9.45. The van der Waals surface area contributed by atoms with Gasteiger partial charge in [0.15, 0.2) is 35.8 Å². The van der Waals surface area contributed by atoms with Gasteiger partial charge in [-0.15, -0.1) is 0 Å². The van der Waals surface area contributed by atoms with E-state index in [1.165, 1.54) is 31.3 Å². The first-order chi connectivity index (χ1) is 29.0. The van der Waals surface area contributed by atoms with Crippen molar-refractivity contribution in [3.8, 4) is 0 Å². The van der Waals surface area contributed by atoms with Crippen LogP contribution in [0.15, 0.2) is 41.3 Å². The number of hydrogen-bond acceptors (Lipinski definition) is 21. The molecule has 1 spiro atoms. The van der Waals surface area contributed by atoms with Crippen molar-refractivity contribution < 1.29 is 95.3 Å². The van der Waals surface area contributed by atoms with E-state index in [2.05, 4.69) is 4.98 Å². The fourth-order valence-electron chi connectivity index (χ4n) is 9.38. The third kappa shape index (κ3) is 7.35. The molecule has 0 radical (unpaired) electrons. The van der Waals surface area contributed by atoms with Crippen molar-refractivity contribution in [3.63, 3.8) is 0 Å². The molecule has 2 aliphatic carbocycles. The highest BCUT2D eigenvalue weighted by Gasteiger charge is 2.91. The van der Waals surface area contributed by atoms with Gasteiger partial charge in [-0.2, -0.15) is 0 Å². The van der Waals surface area contributed by atoms with Crippen LogP contribution in [0.3, 0.4) is 0 Å². The van der Waals surface area contributed by atoms with Gasteiger partial charge in [0, 0.05) is 47.2 Å². The molecule has 4 aliphatic rings. The van der Waals surface area contributed by atoms with Crippen LogP contribution in [0.5, 0.6) is 0 Å². The summed E-state index contributed by atoms with van der Waals surface area (Å²) in [5.74, 6) is -12.1. The molecule has 2 saturated carbocycles. The van der Waals surface area contributed by atoms with Gasteiger partial charge in [0.1, 0.15) is 42.2 Å². The van der Waals surface area contributed by atoms with E-state index >= 15 is 4.79 Å². The minimum atomic E-state index is -3.04. The summed E-state index contributed by atoms with van der Waals surface area (Å²) in [4.78, 5) is 128. The van der Waals surface area contributed by atoms with E-state index in [9.17, 15) is 43.5 Å². The van der Waals surface area contributed by atoms with Crippen LogP contribution < -0.4 is 0 Å². The number of furan rings is 1. The van der Waals surface area contributed by atoms with E-state index < -0.39 is 137 Å². The van der Waals surface area contributed by atoms with Crippen LogP contribution in [-0.4, -0.2) is 130 Å². The molecule has 334 valence electrons. The Balaban J connectivity index is 1.77. The predicted molar refractivity (Wildman–Crippen MR) is 198 cm³/mol. The molecule has 2 aromatic rings. The Hall–Kier alpha value is -6.22. The van der Waals surface area contributed by atoms with Crippen LogP contribution in [0.2, 0.25) is 0 Å². The van der Waals surface area contributed by atoms with Gasteiger partial charge in [0.25, 0.3) is 0 Å². The lowest BCUT2D eigenvalue weighted by Gasteiger charge is -2.66. The molecule has 21 nitrogen and oxygen atoms in total. The van der Waals surface area contributed by atoms with Crippen LogP contribution in [0, 0.1) is 11.3 Å². The van der Waals surface area contributed by atoms with Crippen molar-refractivity contribution in [3.05, 3.63) is 53.7 Å². The van der Waals surface area contributed by atoms with Gasteiger partial charge in [0.2, 0.25) is 5.60 Å². The highest BCUT2D eigenvalue weighted by Crippen LogP contribution is 2.69. The second-order valence-corrected chi connectivity index (χ2v) is 16.2. The normalized spacial score (nSPS) is 35.1. The molecule has 6 rings (SSSR count). The number of ether oxygens (including phenoxy) is 9. The quantitative estimate of drug-likeness (QED) is 0.287. The van der Waals surface area contributed by atoms with Crippen LogP contribution in [0.25, 0.3) is 0 Å². The van der Waals surface area contributed by atoms with Gasteiger partial charge < -0.3 is 52.2 Å². The second-order valence-electron chi connectivity index (χ2n) is 16.2. The third-order valence-corrected chi connectivity index (χ3v) is 11.7. The summed E-state index contributed by atoms with van der Waals surface area (Å²) >= 11 is 0. The molecule has 0 amide bonds. The maximum Gasteiger partial charge on any atom is 0.350 e. The molecule has 2 aromatic heterocycles. The molecule has 0 aromatic carbocycles. The number of pyridine rings is 1. The van der Waals surface area contributed by atoms with Crippen molar-refractivity contribution in [2.45, 2.75) is 121 Å². The van der Waals surface area contributed by atoms with E-state index in [0.29, 0.717) is 0 Å². The number of ketones is 1. The molecule has 1 saturated heterocycles. The number of carbonyl (C=O) groups is 9. The average Bonchev–Trinajstić information content (AvgIpc) is 3.79. The van der Waals surface area contributed by atoms with Crippen LogP contribution in [0.4, 0.5) is 0 Å². The van der Waals surface area contributed by atoms with Crippen molar-refractivity contribution in [2.75, 3.05) is 13.2 Å². The summed E-state index contributed by atoms with van der Waals surface area (Å²) in [5, 5.41) is 13.6. The predicted octanol–water partition coefficient (Wildman–Crippen LogP) is 1.07. The van der Waals surface area contributed by atoms with Crippen molar-refractivity contribution in [1.29, 1.82) is 0 Å². The molecular formula is C41H45NO20. The minimum Gasteiger partial charge on any atom is -0.472 e. The molecule has 21 heteroatoms. The third-order valence-electron chi connectivity index (χ3n) is 11.7. The highest BCUT2D eigenvalue weighted by atomic mass is 16.7. The SMILES string of the molecule is CC(=O)OC[C@]12[C@H](OC(C)=O)C(=O)[C@@H]3[C@@H](OC(C)=O)[C@@]14O[C@@]3(C)COC(=O)c1cccnc1CCC(C)(OC(C)=O)C(=O)O[C@@H]([C@H](OC(=O)c1ccoc1)[C@@H]2OC(C)=O)[C@]4(C)O. The summed E-state index contributed by atoms with van der Waals surface area (Å²) in [6, 6.07) is 3.95. The lowest BCUT2D eigenvalue weighted by molar-refractivity contribution is -0.376. The van der Waals surface area contributed by atoms with E-state index in [-0.39, 0.29) is 23.2 Å². The maximum absolute atomic E-state index is 15.3. The minimum absolute atomic E-state index is 0.0603. The number of rotatable bonds is 8. The smallest absolute Gasteiger partial charge is 0.350 e. The Morgan fingerprint density at radius 3 is 2.11 bits per heavy atom. The Labute approximate surface area is 352 Å². The molecule has 1 N–H and O–H groups in total. The average molecular weight is 872 g/mol. The van der Waals surface area contributed by atoms with Gasteiger partial charge >= 0.3 is 47.8 Å². The first-order valence-electron chi connectivity index (χ1n) is 19.3. The summed E-state index contributed by atoms with van der Waals surface area (Å²) in [6.07, 6.45) is -8.63. The number of aromatic nitrogens is 1. The zero-order valence-electron chi connectivity index (χ0n) is 34.9. The summed E-state index contributed by atoms with van der Waals surface area (Å²) in [5.41, 5.74) is -13.6. The van der Waals surface area contributed by atoms with Gasteiger partial charge in [0.05, 0.1) is 29.0 Å². The summed E-state index contributed by atoms with van der Waals surface area (Å²) in [6.45, 7) is 6.02. The Bertz CT molecular complexity index is 2200. The van der Waals surface area contributed by atoms with Crippen LogP contribution in [0.1, 0.15) is 88.2 Å². The number of carbonyl (C=O) groups excluding carboxylic acids is 9. The number of cyclic esters (lactones) is 1. The molecular weight excluding hydrogens is 826 g/mol. The molecule has 3 fully saturated rings. The lowest BCUT2D eigenvalue weighted by Crippen LogP contribution is -2.88. The summed E-state index contributed by atoms with van der Waals surface area (Å²) in [7, 11) is 0. The number of Topliss-reactive ketones (excluding diaryl/α,β-unsaturated/α-hetero) is 1. The molecule has 4 heterocycles. The number of esters is 8. The zero-order valence-corrected chi connectivity index (χ0v) is 34.9. The van der Waals surface area contributed by atoms with Gasteiger partial charge in [-0.25, -0.2) is 14.4 Å².